The molecule has 1 rings (SSSR count). The second kappa shape index (κ2) is 3.96. The quantitative estimate of drug-likeness (QED) is 0.565. The molecule has 1 aliphatic carbocycles. The van der Waals surface area contributed by atoms with Gasteiger partial charge in [0.15, 0.2) is 5.67 Å². The third kappa shape index (κ3) is 1.98. The maximum atomic E-state index is 14.1. The van der Waals surface area contributed by atoms with Gasteiger partial charge < -0.3 is 10.5 Å². The van der Waals surface area contributed by atoms with E-state index >= 15 is 0 Å². The molecule has 0 aromatic heterocycles. The highest BCUT2D eigenvalue weighted by Gasteiger charge is 2.35. The number of hydrogen-bond donors (Lipinski definition) is 1. The summed E-state index contributed by atoms with van der Waals surface area (Å²) in [5, 5.41) is 0. The Hall–Kier alpha value is -1.45. The average Bonchev–Trinajstić information content (AvgIpc) is 2.14. The van der Waals surface area contributed by atoms with Crippen LogP contribution in [0.4, 0.5) is 4.39 Å². The van der Waals surface area contributed by atoms with Gasteiger partial charge >= 0.3 is 0 Å². The first-order valence-electron chi connectivity index (χ1n) is 4.71. The molecule has 4 heteroatoms. The number of aldehydes is 1. The van der Waals surface area contributed by atoms with Crippen molar-refractivity contribution in [3.05, 3.63) is 23.3 Å². The number of nitrogens with two attached hydrogens (primary N) is 1. The normalized spacial score (nSPS) is 30.5. The zero-order chi connectivity index (χ0) is 11.6. The monoisotopic (exact) mass is 211 g/mol. The predicted molar refractivity (Wildman–Crippen MR) is 54.7 cm³/mol. The van der Waals surface area contributed by atoms with Gasteiger partial charge in [0.05, 0.1) is 5.92 Å². The fraction of sp³-hybridized carbons (Fsp3) is 0.455. The topological polar surface area (TPSA) is 60.2 Å². The third-order valence-corrected chi connectivity index (χ3v) is 2.92. The molecule has 0 radical (unpaired) electrons. The fourth-order valence-electron chi connectivity index (χ4n) is 1.73. The molecule has 0 aromatic rings. The molecule has 0 saturated heterocycles. The molecule has 2 atom stereocenters. The maximum Gasteiger partial charge on any atom is 0.228 e. The van der Waals surface area contributed by atoms with Crippen LogP contribution in [0, 0.1) is 5.92 Å². The highest BCUT2D eigenvalue weighted by atomic mass is 19.1. The van der Waals surface area contributed by atoms with Crippen LogP contribution in [0.1, 0.15) is 20.3 Å². The Morgan fingerprint density at radius 2 is 2.27 bits per heavy atom. The summed E-state index contributed by atoms with van der Waals surface area (Å²) in [7, 11) is 0. The van der Waals surface area contributed by atoms with Crippen LogP contribution in [0.15, 0.2) is 23.3 Å². The van der Waals surface area contributed by atoms with Crippen molar-refractivity contribution >= 4 is 12.2 Å². The van der Waals surface area contributed by atoms with Crippen LogP contribution in [0.25, 0.3) is 0 Å². The maximum absolute atomic E-state index is 14.1. The Bertz CT molecular complexity index is 360. The number of alkyl halides is 1. The second-order valence-electron chi connectivity index (χ2n) is 3.78. The minimum Gasteiger partial charge on any atom is -0.369 e. The van der Waals surface area contributed by atoms with Crippen LogP contribution in [0.3, 0.4) is 0 Å². The van der Waals surface area contributed by atoms with Crippen molar-refractivity contribution < 1.29 is 14.0 Å². The zero-order valence-electron chi connectivity index (χ0n) is 8.79. The fourth-order valence-corrected chi connectivity index (χ4v) is 1.73. The molecule has 0 aromatic carbocycles. The van der Waals surface area contributed by atoms with Gasteiger partial charge in [-0.1, -0.05) is 11.6 Å². The highest BCUT2D eigenvalue weighted by molar-refractivity contribution is 5.82. The van der Waals surface area contributed by atoms with Gasteiger partial charge in [0.25, 0.3) is 0 Å². The Morgan fingerprint density at radius 1 is 1.67 bits per heavy atom. The molecule has 2 N–H and O–H groups in total. The zero-order valence-corrected chi connectivity index (χ0v) is 8.79. The lowest BCUT2D eigenvalue weighted by atomic mass is 9.80. The summed E-state index contributed by atoms with van der Waals surface area (Å²) < 4.78 is 14.1. The van der Waals surface area contributed by atoms with Crippen LogP contribution in [0.5, 0.6) is 0 Å². The van der Waals surface area contributed by atoms with E-state index in [1.165, 1.54) is 12.2 Å². The Morgan fingerprint density at radius 3 is 2.73 bits per heavy atom. The van der Waals surface area contributed by atoms with E-state index in [4.69, 9.17) is 5.73 Å². The van der Waals surface area contributed by atoms with E-state index in [2.05, 4.69) is 0 Å². The van der Waals surface area contributed by atoms with Gasteiger partial charge in [-0.05, 0) is 25.5 Å². The molecular formula is C11H14FNO2. The van der Waals surface area contributed by atoms with Gasteiger partial charge in [-0.15, -0.1) is 0 Å². The third-order valence-electron chi connectivity index (χ3n) is 2.92. The summed E-state index contributed by atoms with van der Waals surface area (Å²) in [6, 6.07) is 0. The van der Waals surface area contributed by atoms with Gasteiger partial charge in [0.2, 0.25) is 5.91 Å². The molecule has 0 saturated carbocycles. The van der Waals surface area contributed by atoms with Crippen LogP contribution >= 0.6 is 0 Å². The van der Waals surface area contributed by atoms with E-state index in [-0.39, 0.29) is 6.42 Å². The predicted octanol–water partition coefficient (Wildman–Crippen LogP) is 1.29. The Balaban J connectivity index is 3.10. The van der Waals surface area contributed by atoms with E-state index in [0.29, 0.717) is 17.4 Å². The number of hydrogen-bond acceptors (Lipinski definition) is 2. The first kappa shape index (κ1) is 11.6. The highest BCUT2D eigenvalue weighted by Crippen LogP contribution is 2.36. The summed E-state index contributed by atoms with van der Waals surface area (Å²) in [5.74, 6) is -1.06. The molecule has 1 aliphatic rings. The average molecular weight is 211 g/mol. The summed E-state index contributed by atoms with van der Waals surface area (Å²) in [6.07, 6.45) is 2.98. The molecule has 1 amide bonds. The van der Waals surface area contributed by atoms with Crippen molar-refractivity contribution in [3.8, 4) is 0 Å². The number of carbonyl (C=O) groups is 2. The van der Waals surface area contributed by atoms with Crippen LogP contribution in [0.2, 0.25) is 0 Å². The van der Waals surface area contributed by atoms with Crippen LogP contribution in [-0.2, 0) is 9.59 Å². The van der Waals surface area contributed by atoms with Crippen molar-refractivity contribution in [1.29, 1.82) is 0 Å². The van der Waals surface area contributed by atoms with Crippen molar-refractivity contribution in [2.75, 3.05) is 0 Å². The standard InChI is InChI=1S/C11H14FNO2/c1-7-8(2)11(12,5-6-14)4-3-9(7)10(13)15/h3-4,6,9H,5H2,1-2H3,(H2,13,15). The van der Waals surface area contributed by atoms with Crippen molar-refractivity contribution in [1.82, 2.24) is 0 Å². The molecule has 0 fully saturated rings. The Kier molecular flexibility index (Phi) is 3.07. The smallest absolute Gasteiger partial charge is 0.228 e. The SMILES string of the molecule is CC1=C(C)C(F)(CC=O)C=CC1C(N)=O. The number of halogens is 1. The first-order valence-corrected chi connectivity index (χ1v) is 4.71. The molecule has 82 valence electrons. The largest absolute Gasteiger partial charge is 0.369 e. The number of rotatable bonds is 3. The molecule has 15 heavy (non-hydrogen) atoms. The van der Waals surface area contributed by atoms with Crippen molar-refractivity contribution in [3.63, 3.8) is 0 Å². The second-order valence-corrected chi connectivity index (χ2v) is 3.78. The van der Waals surface area contributed by atoms with E-state index < -0.39 is 17.5 Å². The summed E-state index contributed by atoms with van der Waals surface area (Å²) >= 11 is 0. The van der Waals surface area contributed by atoms with Crippen LogP contribution < -0.4 is 5.73 Å². The molecule has 3 nitrogen and oxygen atoms in total. The molecular weight excluding hydrogens is 197 g/mol. The minimum atomic E-state index is -1.75. The minimum absolute atomic E-state index is 0.224. The van der Waals surface area contributed by atoms with Gasteiger partial charge in [0.1, 0.15) is 6.29 Å². The molecule has 0 spiro atoms. The van der Waals surface area contributed by atoms with Crippen molar-refractivity contribution in [2.45, 2.75) is 25.9 Å². The number of amides is 1. The summed E-state index contributed by atoms with van der Waals surface area (Å²) in [5.41, 5.74) is 4.41. The van der Waals surface area contributed by atoms with E-state index in [9.17, 15) is 14.0 Å². The van der Waals surface area contributed by atoms with E-state index in [1.807, 2.05) is 0 Å². The van der Waals surface area contributed by atoms with E-state index in [0.717, 1.165) is 0 Å². The van der Waals surface area contributed by atoms with Crippen LogP contribution in [-0.4, -0.2) is 17.9 Å². The first-order chi connectivity index (χ1) is 6.92. The van der Waals surface area contributed by atoms with Gasteiger partial charge in [-0.25, -0.2) is 4.39 Å². The lowest BCUT2D eigenvalue weighted by Gasteiger charge is -2.29. The molecule has 2 unspecified atom stereocenters. The van der Waals surface area contributed by atoms with Gasteiger partial charge in [-0.2, -0.15) is 0 Å². The van der Waals surface area contributed by atoms with Gasteiger partial charge in [0, 0.05) is 6.42 Å². The lowest BCUT2D eigenvalue weighted by molar-refractivity contribution is -0.119. The molecule has 0 bridgehead atoms. The number of carbonyl (C=O) groups excluding carboxylic acids is 2. The lowest BCUT2D eigenvalue weighted by Crippen LogP contribution is -2.32. The van der Waals surface area contributed by atoms with Crippen molar-refractivity contribution in [2.24, 2.45) is 11.7 Å². The molecule has 0 aliphatic heterocycles. The number of allylic oxidation sites excluding steroid dienone is 2. The summed E-state index contributed by atoms with van der Waals surface area (Å²) in [4.78, 5) is 21.4. The van der Waals surface area contributed by atoms with E-state index in [1.54, 1.807) is 13.8 Å². The van der Waals surface area contributed by atoms with Gasteiger partial charge in [-0.3, -0.25) is 4.79 Å². The molecule has 0 heterocycles. The number of primary amides is 1. The summed E-state index contributed by atoms with van der Waals surface area (Å²) in [6.45, 7) is 3.24. The Labute approximate surface area is 87.8 Å².